The molecule has 0 spiro atoms. The highest BCUT2D eigenvalue weighted by Crippen LogP contribution is 2.16. The zero-order valence-electron chi connectivity index (χ0n) is 7.02. The Morgan fingerprint density at radius 1 is 1.29 bits per heavy atom. The Morgan fingerprint density at radius 3 is 2.71 bits per heavy atom. The van der Waals surface area contributed by atoms with E-state index in [-0.39, 0.29) is 5.56 Å². The SMILES string of the molecule is O=C([O-])c1cc2ccccc2sc1=O. The first-order valence-electron chi connectivity index (χ1n) is 3.93. The van der Waals surface area contributed by atoms with E-state index in [1.807, 2.05) is 0 Å². The third kappa shape index (κ3) is 1.40. The minimum atomic E-state index is -1.42. The van der Waals surface area contributed by atoms with Gasteiger partial charge in [0.1, 0.15) is 0 Å². The highest BCUT2D eigenvalue weighted by Gasteiger charge is 2.02. The van der Waals surface area contributed by atoms with Crippen molar-refractivity contribution < 1.29 is 9.90 Å². The van der Waals surface area contributed by atoms with Crippen LogP contribution in [0.1, 0.15) is 10.4 Å². The van der Waals surface area contributed by atoms with Gasteiger partial charge in [-0.3, -0.25) is 4.79 Å². The number of carbonyl (C=O) groups is 1. The molecule has 0 bridgehead atoms. The van der Waals surface area contributed by atoms with E-state index in [4.69, 9.17) is 0 Å². The lowest BCUT2D eigenvalue weighted by atomic mass is 10.2. The quantitative estimate of drug-likeness (QED) is 0.686. The van der Waals surface area contributed by atoms with Gasteiger partial charge in [0.15, 0.2) is 0 Å². The minimum absolute atomic E-state index is 0.270. The van der Waals surface area contributed by atoms with Gasteiger partial charge in [0.05, 0.1) is 11.5 Å². The number of rotatable bonds is 1. The Morgan fingerprint density at radius 2 is 2.00 bits per heavy atom. The zero-order valence-corrected chi connectivity index (χ0v) is 7.84. The van der Waals surface area contributed by atoms with Crippen molar-refractivity contribution in [3.05, 3.63) is 45.4 Å². The van der Waals surface area contributed by atoms with Crippen molar-refractivity contribution in [1.29, 1.82) is 0 Å². The van der Waals surface area contributed by atoms with Crippen LogP contribution in [0.4, 0.5) is 0 Å². The summed E-state index contributed by atoms with van der Waals surface area (Å²) in [5.41, 5.74) is -0.270. The van der Waals surface area contributed by atoms with Gasteiger partial charge in [-0.15, -0.1) is 0 Å². The number of hydrogen-bond donors (Lipinski definition) is 0. The second-order valence-corrected chi connectivity index (χ2v) is 3.79. The van der Waals surface area contributed by atoms with E-state index >= 15 is 0 Å². The number of carboxylic acids is 1. The summed E-state index contributed by atoms with van der Waals surface area (Å²) >= 11 is 0.920. The van der Waals surface area contributed by atoms with Crippen LogP contribution in [0.25, 0.3) is 10.1 Å². The lowest BCUT2D eigenvalue weighted by Gasteiger charge is -2.01. The maximum absolute atomic E-state index is 11.3. The molecule has 0 radical (unpaired) electrons. The molecule has 0 saturated heterocycles. The van der Waals surface area contributed by atoms with Gasteiger partial charge in [-0.2, -0.15) is 0 Å². The van der Waals surface area contributed by atoms with Crippen LogP contribution >= 0.6 is 11.3 Å². The summed E-state index contributed by atoms with van der Waals surface area (Å²) in [6, 6.07) is 8.48. The van der Waals surface area contributed by atoms with Crippen molar-refractivity contribution in [2.24, 2.45) is 0 Å². The standard InChI is InChI=1S/C10H6O3S/c11-9(12)7-5-6-3-1-2-4-8(6)14-10(7)13/h1-5H,(H,11,12)/p-1. The Labute approximate surface area is 83.2 Å². The van der Waals surface area contributed by atoms with Gasteiger partial charge in [-0.1, -0.05) is 29.5 Å². The summed E-state index contributed by atoms with van der Waals surface area (Å²) in [4.78, 5) is 21.8. The summed E-state index contributed by atoms with van der Waals surface area (Å²) in [6.45, 7) is 0. The number of benzene rings is 1. The van der Waals surface area contributed by atoms with Gasteiger partial charge in [-0.05, 0) is 17.5 Å². The number of aromatic carboxylic acids is 1. The second-order valence-electron chi connectivity index (χ2n) is 2.77. The van der Waals surface area contributed by atoms with Crippen LogP contribution in [0.5, 0.6) is 0 Å². The van der Waals surface area contributed by atoms with E-state index in [1.54, 1.807) is 24.3 Å². The predicted octanol–water partition coefficient (Wildman–Crippen LogP) is 0.625. The van der Waals surface area contributed by atoms with Gasteiger partial charge in [0.25, 0.3) is 0 Å². The van der Waals surface area contributed by atoms with Crippen LogP contribution in [0.2, 0.25) is 0 Å². The minimum Gasteiger partial charge on any atom is -0.545 e. The van der Waals surface area contributed by atoms with Crippen LogP contribution in [-0.4, -0.2) is 5.97 Å². The average molecular weight is 205 g/mol. The molecular weight excluding hydrogens is 200 g/mol. The first kappa shape index (κ1) is 8.90. The predicted molar refractivity (Wildman–Crippen MR) is 52.4 cm³/mol. The molecule has 0 atom stereocenters. The summed E-state index contributed by atoms with van der Waals surface area (Å²) in [7, 11) is 0. The molecule has 0 aliphatic rings. The van der Waals surface area contributed by atoms with E-state index in [9.17, 15) is 14.7 Å². The number of fused-ring (bicyclic) bond motifs is 1. The highest BCUT2D eigenvalue weighted by molar-refractivity contribution is 7.16. The van der Waals surface area contributed by atoms with Crippen LogP contribution in [-0.2, 0) is 0 Å². The van der Waals surface area contributed by atoms with Crippen molar-refractivity contribution in [3.8, 4) is 0 Å². The molecule has 0 fully saturated rings. The van der Waals surface area contributed by atoms with Crippen molar-refractivity contribution >= 4 is 27.4 Å². The zero-order chi connectivity index (χ0) is 10.1. The Balaban J connectivity index is 2.84. The topological polar surface area (TPSA) is 57.2 Å². The van der Waals surface area contributed by atoms with E-state index in [1.165, 1.54) is 6.07 Å². The van der Waals surface area contributed by atoms with Crippen molar-refractivity contribution in [1.82, 2.24) is 0 Å². The molecule has 2 aromatic rings. The van der Waals surface area contributed by atoms with Gasteiger partial charge in [0, 0.05) is 4.70 Å². The molecule has 0 saturated carbocycles. The first-order chi connectivity index (χ1) is 6.68. The third-order valence-electron chi connectivity index (χ3n) is 1.86. The molecular formula is C10H5O3S-. The van der Waals surface area contributed by atoms with Crippen molar-refractivity contribution in [2.45, 2.75) is 0 Å². The lowest BCUT2D eigenvalue weighted by molar-refractivity contribution is -0.255. The number of carbonyl (C=O) groups excluding carboxylic acids is 1. The Hall–Kier alpha value is -1.68. The average Bonchev–Trinajstić information content (AvgIpc) is 2.16. The van der Waals surface area contributed by atoms with Crippen LogP contribution in [0.15, 0.2) is 35.1 Å². The monoisotopic (exact) mass is 205 g/mol. The first-order valence-corrected chi connectivity index (χ1v) is 4.74. The molecule has 3 nitrogen and oxygen atoms in total. The largest absolute Gasteiger partial charge is 0.545 e. The van der Waals surface area contributed by atoms with Gasteiger partial charge < -0.3 is 9.90 Å². The Bertz CT molecular complexity index is 557. The van der Waals surface area contributed by atoms with Crippen LogP contribution in [0, 0.1) is 0 Å². The molecule has 0 amide bonds. The molecule has 1 aromatic carbocycles. The van der Waals surface area contributed by atoms with Crippen molar-refractivity contribution in [3.63, 3.8) is 0 Å². The molecule has 70 valence electrons. The van der Waals surface area contributed by atoms with E-state index in [0.29, 0.717) is 0 Å². The summed E-state index contributed by atoms with van der Waals surface area (Å²) in [6.07, 6.45) is 0. The van der Waals surface area contributed by atoms with Crippen molar-refractivity contribution in [2.75, 3.05) is 0 Å². The van der Waals surface area contributed by atoms with Gasteiger partial charge in [-0.25, -0.2) is 0 Å². The molecule has 2 rings (SSSR count). The summed E-state index contributed by atoms with van der Waals surface area (Å²) < 4.78 is 0.311. The highest BCUT2D eigenvalue weighted by atomic mass is 32.1. The summed E-state index contributed by atoms with van der Waals surface area (Å²) in [5, 5.41) is 11.3. The normalized spacial score (nSPS) is 10.3. The van der Waals surface area contributed by atoms with Crippen LogP contribution in [0.3, 0.4) is 0 Å². The smallest absolute Gasteiger partial charge is 0.241 e. The molecule has 1 heterocycles. The van der Waals surface area contributed by atoms with E-state index in [0.717, 1.165) is 21.4 Å². The molecule has 4 heteroatoms. The number of hydrogen-bond acceptors (Lipinski definition) is 4. The maximum Gasteiger partial charge on any atom is 0.241 e. The molecule has 0 N–H and O–H groups in total. The van der Waals surface area contributed by atoms with E-state index < -0.39 is 10.7 Å². The molecule has 0 aliphatic heterocycles. The fourth-order valence-electron chi connectivity index (χ4n) is 1.20. The number of carboxylic acid groups (broad SMARTS) is 1. The van der Waals surface area contributed by atoms with Gasteiger partial charge in [0.2, 0.25) is 4.74 Å². The molecule has 14 heavy (non-hydrogen) atoms. The van der Waals surface area contributed by atoms with Gasteiger partial charge >= 0.3 is 0 Å². The maximum atomic E-state index is 11.3. The fourth-order valence-corrected chi connectivity index (χ4v) is 2.05. The Kier molecular flexibility index (Phi) is 2.05. The molecule has 0 aliphatic carbocycles. The molecule has 0 unspecified atom stereocenters. The molecule has 1 aromatic heterocycles. The lowest BCUT2D eigenvalue weighted by Crippen LogP contribution is -2.27. The van der Waals surface area contributed by atoms with Crippen LogP contribution < -0.4 is 9.85 Å². The fraction of sp³-hybridized carbons (Fsp3) is 0. The third-order valence-corrected chi connectivity index (χ3v) is 2.86. The summed E-state index contributed by atoms with van der Waals surface area (Å²) in [5.74, 6) is -1.42. The van der Waals surface area contributed by atoms with E-state index in [2.05, 4.69) is 0 Å². The second kappa shape index (κ2) is 3.23.